The standard InChI is InChI=1S/C8H10N4O3S/c1-2-6-16(14,15)12(7(9)13)8-10-4-3-5-11-8/h2-5H,1,6H2,(H2,9,13). The van der Waals surface area contributed by atoms with E-state index < -0.39 is 21.8 Å². The average molecular weight is 242 g/mol. The molecule has 0 bridgehead atoms. The van der Waals surface area contributed by atoms with Crippen molar-refractivity contribution in [2.75, 3.05) is 10.1 Å². The molecule has 0 saturated carbocycles. The lowest BCUT2D eigenvalue weighted by Gasteiger charge is -2.16. The van der Waals surface area contributed by atoms with E-state index in [1.165, 1.54) is 18.5 Å². The number of rotatable bonds is 4. The Hall–Kier alpha value is -1.96. The Kier molecular flexibility index (Phi) is 3.56. The summed E-state index contributed by atoms with van der Waals surface area (Å²) in [6.45, 7) is 3.28. The van der Waals surface area contributed by atoms with Gasteiger partial charge in [0.05, 0.1) is 5.75 Å². The Morgan fingerprint density at radius 3 is 2.50 bits per heavy atom. The van der Waals surface area contributed by atoms with Crippen molar-refractivity contribution >= 4 is 22.0 Å². The summed E-state index contributed by atoms with van der Waals surface area (Å²) in [4.78, 5) is 18.4. The van der Waals surface area contributed by atoms with Crippen molar-refractivity contribution in [2.45, 2.75) is 0 Å². The lowest BCUT2D eigenvalue weighted by atomic mass is 10.7. The van der Waals surface area contributed by atoms with E-state index in [1.807, 2.05) is 0 Å². The van der Waals surface area contributed by atoms with Gasteiger partial charge in [-0.1, -0.05) is 6.08 Å². The molecule has 1 rings (SSSR count). The summed E-state index contributed by atoms with van der Waals surface area (Å²) >= 11 is 0. The molecule has 0 radical (unpaired) electrons. The first-order valence-electron chi connectivity index (χ1n) is 4.19. The van der Waals surface area contributed by atoms with Crippen LogP contribution in [0.25, 0.3) is 0 Å². The number of nitrogens with two attached hydrogens (primary N) is 1. The Balaban J connectivity index is 3.21. The number of primary amides is 1. The Morgan fingerprint density at radius 2 is 2.06 bits per heavy atom. The highest BCUT2D eigenvalue weighted by molar-refractivity contribution is 7.93. The van der Waals surface area contributed by atoms with E-state index in [-0.39, 0.29) is 5.95 Å². The molecule has 7 nitrogen and oxygen atoms in total. The van der Waals surface area contributed by atoms with Crippen LogP contribution in [0, 0.1) is 0 Å². The zero-order chi connectivity index (χ0) is 12.2. The number of carbonyl (C=O) groups is 1. The maximum Gasteiger partial charge on any atom is 0.335 e. The first-order valence-corrected chi connectivity index (χ1v) is 5.80. The van der Waals surface area contributed by atoms with Gasteiger partial charge in [-0.05, 0) is 6.07 Å². The van der Waals surface area contributed by atoms with Crippen molar-refractivity contribution in [1.82, 2.24) is 9.97 Å². The second-order valence-corrected chi connectivity index (χ2v) is 4.58. The van der Waals surface area contributed by atoms with Gasteiger partial charge in [0.2, 0.25) is 16.0 Å². The van der Waals surface area contributed by atoms with Gasteiger partial charge in [-0.15, -0.1) is 6.58 Å². The molecule has 1 aromatic rings. The van der Waals surface area contributed by atoms with Gasteiger partial charge >= 0.3 is 6.03 Å². The topological polar surface area (TPSA) is 106 Å². The van der Waals surface area contributed by atoms with Gasteiger partial charge in [0, 0.05) is 12.4 Å². The van der Waals surface area contributed by atoms with Crippen LogP contribution in [0.4, 0.5) is 10.7 Å². The molecule has 0 aliphatic rings. The molecule has 0 atom stereocenters. The second kappa shape index (κ2) is 4.71. The number of nitrogens with zero attached hydrogens (tertiary/aromatic N) is 3. The summed E-state index contributed by atoms with van der Waals surface area (Å²) in [7, 11) is -3.91. The van der Waals surface area contributed by atoms with E-state index in [2.05, 4.69) is 16.5 Å². The van der Waals surface area contributed by atoms with E-state index in [0.29, 0.717) is 4.31 Å². The number of hydrogen-bond acceptors (Lipinski definition) is 5. The normalized spacial score (nSPS) is 10.8. The zero-order valence-electron chi connectivity index (χ0n) is 8.28. The van der Waals surface area contributed by atoms with Crippen LogP contribution in [-0.4, -0.2) is 30.2 Å². The largest absolute Gasteiger partial charge is 0.350 e. The van der Waals surface area contributed by atoms with Crippen LogP contribution in [0.3, 0.4) is 0 Å². The van der Waals surface area contributed by atoms with Crippen LogP contribution in [0.1, 0.15) is 0 Å². The Labute approximate surface area is 92.7 Å². The summed E-state index contributed by atoms with van der Waals surface area (Å²) in [6, 6.07) is 0.330. The highest BCUT2D eigenvalue weighted by Crippen LogP contribution is 2.11. The van der Waals surface area contributed by atoms with E-state index in [0.717, 1.165) is 6.08 Å². The first-order chi connectivity index (χ1) is 7.49. The molecule has 0 saturated heterocycles. The fourth-order valence-corrected chi connectivity index (χ4v) is 2.04. The van der Waals surface area contributed by atoms with Crippen molar-refractivity contribution in [2.24, 2.45) is 5.73 Å². The summed E-state index contributed by atoms with van der Waals surface area (Å²) < 4.78 is 23.6. The minimum Gasteiger partial charge on any atom is -0.350 e. The molecule has 1 aromatic heterocycles. The van der Waals surface area contributed by atoms with Gasteiger partial charge in [-0.25, -0.2) is 23.2 Å². The molecule has 16 heavy (non-hydrogen) atoms. The molecule has 2 amide bonds. The van der Waals surface area contributed by atoms with E-state index in [4.69, 9.17) is 5.73 Å². The van der Waals surface area contributed by atoms with Crippen LogP contribution in [0.2, 0.25) is 0 Å². The predicted molar refractivity (Wildman–Crippen MR) is 58.1 cm³/mol. The third-order valence-electron chi connectivity index (χ3n) is 1.54. The van der Waals surface area contributed by atoms with Crippen LogP contribution in [0.5, 0.6) is 0 Å². The summed E-state index contributed by atoms with van der Waals surface area (Å²) in [5.74, 6) is -0.703. The Bertz CT molecular complexity index is 485. The van der Waals surface area contributed by atoms with Gasteiger partial charge in [0.1, 0.15) is 0 Å². The number of amides is 2. The zero-order valence-corrected chi connectivity index (χ0v) is 9.09. The lowest BCUT2D eigenvalue weighted by Crippen LogP contribution is -2.42. The molecule has 0 aliphatic heterocycles. The van der Waals surface area contributed by atoms with Crippen molar-refractivity contribution in [3.63, 3.8) is 0 Å². The van der Waals surface area contributed by atoms with Gasteiger partial charge in [-0.3, -0.25) is 0 Å². The summed E-state index contributed by atoms with van der Waals surface area (Å²) in [6.07, 6.45) is 3.76. The number of carbonyl (C=O) groups excluding carboxylic acids is 1. The summed E-state index contributed by atoms with van der Waals surface area (Å²) in [5, 5.41) is 0. The smallest absolute Gasteiger partial charge is 0.335 e. The van der Waals surface area contributed by atoms with Crippen LogP contribution >= 0.6 is 0 Å². The number of hydrogen-bond donors (Lipinski definition) is 1. The van der Waals surface area contributed by atoms with Crippen LogP contribution in [0.15, 0.2) is 31.1 Å². The number of sulfonamides is 1. The Morgan fingerprint density at radius 1 is 1.50 bits per heavy atom. The molecule has 0 fully saturated rings. The number of urea groups is 1. The monoisotopic (exact) mass is 242 g/mol. The molecule has 86 valence electrons. The van der Waals surface area contributed by atoms with Gasteiger partial charge in [0.25, 0.3) is 0 Å². The van der Waals surface area contributed by atoms with Gasteiger partial charge in [0.15, 0.2) is 0 Å². The fourth-order valence-electron chi connectivity index (χ4n) is 0.980. The average Bonchev–Trinajstić information content (AvgIpc) is 2.17. The molecule has 0 unspecified atom stereocenters. The SMILES string of the molecule is C=CCS(=O)(=O)N(C(N)=O)c1ncccn1. The first kappa shape index (κ1) is 12.1. The summed E-state index contributed by atoms with van der Waals surface area (Å²) in [5.41, 5.74) is 4.98. The van der Waals surface area contributed by atoms with Crippen LogP contribution < -0.4 is 10.0 Å². The second-order valence-electron chi connectivity index (χ2n) is 2.72. The molecule has 0 spiro atoms. The highest BCUT2D eigenvalue weighted by Gasteiger charge is 2.28. The molecule has 0 aliphatic carbocycles. The van der Waals surface area contributed by atoms with Crippen LogP contribution in [-0.2, 0) is 10.0 Å². The van der Waals surface area contributed by atoms with Crippen molar-refractivity contribution in [3.8, 4) is 0 Å². The minimum atomic E-state index is -3.91. The quantitative estimate of drug-likeness (QED) is 0.740. The number of aromatic nitrogens is 2. The third kappa shape index (κ3) is 2.54. The third-order valence-corrected chi connectivity index (χ3v) is 3.10. The molecule has 2 N–H and O–H groups in total. The maximum atomic E-state index is 11.6. The van der Waals surface area contributed by atoms with Crippen molar-refractivity contribution < 1.29 is 13.2 Å². The number of anilines is 1. The molecule has 8 heteroatoms. The van der Waals surface area contributed by atoms with E-state index >= 15 is 0 Å². The molecule has 0 aromatic carbocycles. The molecule has 1 heterocycles. The molecular formula is C8H10N4O3S. The minimum absolute atomic E-state index is 0.281. The van der Waals surface area contributed by atoms with Crippen molar-refractivity contribution in [3.05, 3.63) is 31.1 Å². The van der Waals surface area contributed by atoms with E-state index in [9.17, 15) is 13.2 Å². The maximum absolute atomic E-state index is 11.6. The van der Waals surface area contributed by atoms with Gasteiger partial charge < -0.3 is 5.73 Å². The lowest BCUT2D eigenvalue weighted by molar-refractivity contribution is 0.256. The molecular weight excluding hydrogens is 232 g/mol. The van der Waals surface area contributed by atoms with Gasteiger partial charge in [-0.2, -0.15) is 4.31 Å². The predicted octanol–water partition coefficient (Wildman–Crippen LogP) is -0.122. The van der Waals surface area contributed by atoms with Crippen molar-refractivity contribution in [1.29, 1.82) is 0 Å². The highest BCUT2D eigenvalue weighted by atomic mass is 32.2. The van der Waals surface area contributed by atoms with E-state index in [1.54, 1.807) is 0 Å². The fraction of sp³-hybridized carbons (Fsp3) is 0.125.